The van der Waals surface area contributed by atoms with E-state index < -0.39 is 0 Å². The number of nitrogens with zero attached hydrogens (tertiary/aromatic N) is 3. The van der Waals surface area contributed by atoms with Crippen LogP contribution in [0.5, 0.6) is 0 Å². The zero-order valence-electron chi connectivity index (χ0n) is 18.0. The lowest BCUT2D eigenvalue weighted by atomic mass is 10.1. The van der Waals surface area contributed by atoms with E-state index >= 15 is 0 Å². The van der Waals surface area contributed by atoms with Crippen molar-refractivity contribution in [2.24, 2.45) is 0 Å². The molecule has 3 aromatic carbocycles. The average Bonchev–Trinajstić information content (AvgIpc) is 3.09. The highest BCUT2D eigenvalue weighted by molar-refractivity contribution is 6.30. The zero-order valence-corrected chi connectivity index (χ0v) is 18.8. The predicted octanol–water partition coefficient (Wildman–Crippen LogP) is 5.36. The van der Waals surface area contributed by atoms with Crippen LogP contribution in [0.2, 0.25) is 5.02 Å². The first-order chi connectivity index (χ1) is 16.0. The number of nitrogens with two attached hydrogens (primary N) is 1. The van der Waals surface area contributed by atoms with Crippen molar-refractivity contribution in [3.05, 3.63) is 101 Å². The van der Waals surface area contributed by atoms with Crippen LogP contribution in [-0.2, 0) is 6.54 Å². The Bertz CT molecular complexity index is 1460. The minimum atomic E-state index is -0.284. The number of halogens is 1. The van der Waals surface area contributed by atoms with Gasteiger partial charge in [-0.1, -0.05) is 66.2 Å². The third kappa shape index (κ3) is 4.01. The SMILES string of the molecule is C[C@H](NC(=O)c1c(N)n(Cc2ccc(Cl)cc2)c2nc3ccccc3nc12)c1ccccc1. The lowest BCUT2D eigenvalue weighted by Crippen LogP contribution is -2.27. The Morgan fingerprint density at radius 1 is 0.970 bits per heavy atom. The van der Waals surface area contributed by atoms with Gasteiger partial charge in [-0.3, -0.25) is 4.79 Å². The van der Waals surface area contributed by atoms with E-state index in [1.54, 1.807) is 0 Å². The fourth-order valence-electron chi connectivity index (χ4n) is 3.97. The van der Waals surface area contributed by atoms with Gasteiger partial charge in [0.05, 0.1) is 23.6 Å². The standard InChI is InChI=1S/C26H22ClN5O/c1-16(18-7-3-2-4-8-18)29-26(33)22-23-25(31-21-10-6-5-9-20(21)30-23)32(24(22)28)15-17-11-13-19(27)14-12-17/h2-14,16H,15,28H2,1H3,(H,29,33)/t16-/m0/s1. The number of rotatable bonds is 5. The van der Waals surface area contributed by atoms with Crippen molar-refractivity contribution >= 4 is 45.5 Å². The predicted molar refractivity (Wildman–Crippen MR) is 132 cm³/mol. The molecule has 33 heavy (non-hydrogen) atoms. The quantitative estimate of drug-likeness (QED) is 0.373. The number of fused-ring (bicyclic) bond motifs is 2. The Labute approximate surface area is 196 Å². The van der Waals surface area contributed by atoms with E-state index in [-0.39, 0.29) is 11.9 Å². The summed E-state index contributed by atoms with van der Waals surface area (Å²) in [4.78, 5) is 23.0. The van der Waals surface area contributed by atoms with Crippen molar-refractivity contribution in [2.75, 3.05) is 5.73 Å². The van der Waals surface area contributed by atoms with Crippen molar-refractivity contribution in [1.82, 2.24) is 19.9 Å². The summed E-state index contributed by atoms with van der Waals surface area (Å²) < 4.78 is 1.83. The molecule has 0 unspecified atom stereocenters. The highest BCUT2D eigenvalue weighted by Gasteiger charge is 2.25. The second-order valence-electron chi connectivity index (χ2n) is 7.96. The lowest BCUT2D eigenvalue weighted by Gasteiger charge is -2.14. The number of anilines is 1. The maximum atomic E-state index is 13.4. The maximum Gasteiger partial charge on any atom is 0.257 e. The van der Waals surface area contributed by atoms with Gasteiger partial charge in [0, 0.05) is 5.02 Å². The average molecular weight is 456 g/mol. The van der Waals surface area contributed by atoms with Crippen molar-refractivity contribution in [3.8, 4) is 0 Å². The highest BCUT2D eigenvalue weighted by Crippen LogP contribution is 2.29. The van der Waals surface area contributed by atoms with Crippen LogP contribution in [0, 0.1) is 0 Å². The van der Waals surface area contributed by atoms with Crippen molar-refractivity contribution in [3.63, 3.8) is 0 Å². The topological polar surface area (TPSA) is 85.8 Å². The highest BCUT2D eigenvalue weighted by atomic mass is 35.5. The number of nitrogens with one attached hydrogen (secondary N) is 1. The van der Waals surface area contributed by atoms with Gasteiger partial charge >= 0.3 is 0 Å². The van der Waals surface area contributed by atoms with Gasteiger partial charge < -0.3 is 15.6 Å². The molecule has 0 aliphatic heterocycles. The summed E-state index contributed by atoms with van der Waals surface area (Å²) in [6.45, 7) is 2.38. The molecular weight excluding hydrogens is 434 g/mol. The van der Waals surface area contributed by atoms with Crippen molar-refractivity contribution in [2.45, 2.75) is 19.5 Å². The van der Waals surface area contributed by atoms with E-state index in [0.29, 0.717) is 39.6 Å². The summed E-state index contributed by atoms with van der Waals surface area (Å²) in [5.74, 6) is 0.0429. The molecule has 5 aromatic rings. The molecule has 0 saturated carbocycles. The summed E-state index contributed by atoms with van der Waals surface area (Å²) in [6.07, 6.45) is 0. The van der Waals surface area contributed by atoms with Crippen LogP contribution >= 0.6 is 11.6 Å². The summed E-state index contributed by atoms with van der Waals surface area (Å²) in [6, 6.07) is 24.7. The number of carbonyl (C=O) groups excluding carboxylic acids is 1. The molecule has 0 aliphatic carbocycles. The first-order valence-corrected chi connectivity index (χ1v) is 11.0. The Morgan fingerprint density at radius 3 is 2.30 bits per heavy atom. The van der Waals surface area contributed by atoms with Gasteiger partial charge in [0.25, 0.3) is 5.91 Å². The van der Waals surface area contributed by atoms with Crippen LogP contribution in [0.4, 0.5) is 5.82 Å². The van der Waals surface area contributed by atoms with E-state index in [2.05, 4.69) is 5.32 Å². The third-order valence-electron chi connectivity index (χ3n) is 5.72. The number of hydrogen-bond donors (Lipinski definition) is 2. The monoisotopic (exact) mass is 455 g/mol. The molecule has 5 rings (SSSR count). The fraction of sp³-hybridized carbons (Fsp3) is 0.115. The summed E-state index contributed by atoms with van der Waals surface area (Å²) in [5.41, 5.74) is 11.4. The largest absolute Gasteiger partial charge is 0.384 e. The number of aromatic nitrogens is 3. The number of benzene rings is 3. The molecule has 2 aromatic heterocycles. The van der Waals surface area contributed by atoms with Crippen LogP contribution in [0.1, 0.15) is 34.5 Å². The second kappa shape index (κ2) is 8.56. The van der Waals surface area contributed by atoms with Gasteiger partial charge in [0.1, 0.15) is 16.9 Å². The van der Waals surface area contributed by atoms with E-state index in [0.717, 1.165) is 16.6 Å². The Kier molecular flexibility index (Phi) is 5.44. The molecule has 3 N–H and O–H groups in total. The van der Waals surface area contributed by atoms with Gasteiger partial charge in [-0.2, -0.15) is 0 Å². The first-order valence-electron chi connectivity index (χ1n) is 10.7. The van der Waals surface area contributed by atoms with Crippen LogP contribution in [-0.4, -0.2) is 20.4 Å². The molecule has 0 radical (unpaired) electrons. The maximum absolute atomic E-state index is 13.4. The van der Waals surface area contributed by atoms with Gasteiger partial charge in [-0.25, -0.2) is 9.97 Å². The summed E-state index contributed by atoms with van der Waals surface area (Å²) in [5, 5.41) is 3.72. The van der Waals surface area contributed by atoms with Gasteiger partial charge in [-0.15, -0.1) is 0 Å². The summed E-state index contributed by atoms with van der Waals surface area (Å²) >= 11 is 6.04. The van der Waals surface area contributed by atoms with Crippen LogP contribution < -0.4 is 11.1 Å². The van der Waals surface area contributed by atoms with Crippen molar-refractivity contribution in [1.29, 1.82) is 0 Å². The number of carbonyl (C=O) groups is 1. The zero-order chi connectivity index (χ0) is 22.9. The number of hydrogen-bond acceptors (Lipinski definition) is 4. The van der Waals surface area contributed by atoms with Crippen LogP contribution in [0.3, 0.4) is 0 Å². The molecule has 0 aliphatic rings. The normalized spacial score (nSPS) is 12.2. The lowest BCUT2D eigenvalue weighted by molar-refractivity contribution is 0.0942. The molecule has 6 nitrogen and oxygen atoms in total. The third-order valence-corrected chi connectivity index (χ3v) is 5.97. The van der Waals surface area contributed by atoms with E-state index in [1.165, 1.54) is 0 Å². The Balaban J connectivity index is 1.62. The Morgan fingerprint density at radius 2 is 1.61 bits per heavy atom. The Hall–Kier alpha value is -3.90. The van der Waals surface area contributed by atoms with Gasteiger partial charge in [0.2, 0.25) is 0 Å². The molecule has 0 spiro atoms. The van der Waals surface area contributed by atoms with Gasteiger partial charge in [-0.05, 0) is 42.3 Å². The molecule has 164 valence electrons. The second-order valence-corrected chi connectivity index (χ2v) is 8.40. The molecular formula is C26H22ClN5O. The first kappa shape index (κ1) is 21.0. The smallest absolute Gasteiger partial charge is 0.257 e. The van der Waals surface area contributed by atoms with Crippen LogP contribution in [0.15, 0.2) is 78.9 Å². The fourth-order valence-corrected chi connectivity index (χ4v) is 4.09. The van der Waals surface area contributed by atoms with E-state index in [9.17, 15) is 4.79 Å². The number of amides is 1. The molecule has 0 bridgehead atoms. The minimum Gasteiger partial charge on any atom is -0.384 e. The summed E-state index contributed by atoms with van der Waals surface area (Å²) in [7, 11) is 0. The van der Waals surface area contributed by atoms with Gasteiger partial charge in [0.15, 0.2) is 5.65 Å². The van der Waals surface area contributed by atoms with Crippen molar-refractivity contribution < 1.29 is 4.79 Å². The van der Waals surface area contributed by atoms with E-state index in [1.807, 2.05) is 90.4 Å². The van der Waals surface area contributed by atoms with Crippen LogP contribution in [0.25, 0.3) is 22.2 Å². The molecule has 0 saturated heterocycles. The molecule has 0 fully saturated rings. The minimum absolute atomic E-state index is 0.193. The molecule has 1 atom stereocenters. The number of para-hydroxylation sites is 2. The number of nitrogen functional groups attached to an aromatic ring is 1. The molecule has 2 heterocycles. The molecule has 1 amide bonds. The molecule has 7 heteroatoms. The van der Waals surface area contributed by atoms with E-state index in [4.69, 9.17) is 27.3 Å².